The van der Waals surface area contributed by atoms with Crippen molar-refractivity contribution in [2.45, 2.75) is 13.1 Å². The van der Waals surface area contributed by atoms with Crippen LogP contribution in [0, 0.1) is 6.92 Å². The summed E-state index contributed by atoms with van der Waals surface area (Å²) in [6.07, 6.45) is -3.84. The lowest BCUT2D eigenvalue weighted by atomic mass is 10.1. The number of hydrogen-bond acceptors (Lipinski definition) is 5. The lowest BCUT2D eigenvalue weighted by Crippen LogP contribution is -2.21. The van der Waals surface area contributed by atoms with E-state index >= 15 is 0 Å². The first-order valence-electron chi connectivity index (χ1n) is 9.02. The highest BCUT2D eigenvalue weighted by atomic mass is 19.4. The molecule has 3 aromatic heterocycles. The number of ether oxygens (including phenoxy) is 1. The average molecular weight is 431 g/mol. The molecule has 31 heavy (non-hydrogen) atoms. The molecule has 0 spiro atoms. The summed E-state index contributed by atoms with van der Waals surface area (Å²) < 4.78 is 48.0. The normalized spacial score (nSPS) is 11.8. The maximum absolute atomic E-state index is 13.2. The zero-order valence-electron chi connectivity index (χ0n) is 16.6. The van der Waals surface area contributed by atoms with Crippen molar-refractivity contribution in [1.82, 2.24) is 24.0 Å². The number of methoxy groups -OCH3 is 1. The third kappa shape index (κ3) is 3.47. The van der Waals surface area contributed by atoms with Crippen LogP contribution < -0.4 is 5.69 Å². The molecule has 0 amide bonds. The average Bonchev–Trinajstić information content (AvgIpc) is 3.26. The summed E-state index contributed by atoms with van der Waals surface area (Å²) in [4.78, 5) is 24.3. The third-order valence-corrected chi connectivity index (χ3v) is 4.81. The third-order valence-electron chi connectivity index (χ3n) is 4.81. The van der Waals surface area contributed by atoms with Crippen molar-refractivity contribution < 1.29 is 22.7 Å². The van der Waals surface area contributed by atoms with Crippen LogP contribution in [0.15, 0.2) is 47.4 Å². The maximum Gasteiger partial charge on any atom is 0.417 e. The highest BCUT2D eigenvalue weighted by Crippen LogP contribution is 2.32. The fourth-order valence-electron chi connectivity index (χ4n) is 3.33. The van der Waals surface area contributed by atoms with E-state index in [4.69, 9.17) is 0 Å². The van der Waals surface area contributed by atoms with Crippen LogP contribution in [0.1, 0.15) is 21.7 Å². The van der Waals surface area contributed by atoms with Gasteiger partial charge < -0.3 is 4.74 Å². The van der Waals surface area contributed by atoms with Gasteiger partial charge in [-0.2, -0.15) is 23.4 Å². The molecule has 0 aliphatic heterocycles. The molecule has 4 rings (SSSR count). The van der Waals surface area contributed by atoms with Crippen LogP contribution >= 0.6 is 0 Å². The van der Waals surface area contributed by atoms with Crippen LogP contribution in [0.4, 0.5) is 13.2 Å². The number of pyridine rings is 1. The minimum absolute atomic E-state index is 0.179. The first-order valence-corrected chi connectivity index (χ1v) is 9.02. The number of carbonyl (C=O) groups excluding carboxylic acids is 1. The molecule has 160 valence electrons. The van der Waals surface area contributed by atoms with Crippen molar-refractivity contribution in [3.05, 3.63) is 70.0 Å². The van der Waals surface area contributed by atoms with E-state index in [1.165, 1.54) is 15.3 Å². The van der Waals surface area contributed by atoms with Gasteiger partial charge in [-0.3, -0.25) is 0 Å². The molecule has 3 heterocycles. The molecule has 8 nitrogen and oxygen atoms in total. The molecule has 1 aromatic carbocycles. The number of halogens is 3. The molecule has 0 unspecified atom stereocenters. The minimum Gasteiger partial charge on any atom is -0.465 e. The molecule has 11 heteroatoms. The van der Waals surface area contributed by atoms with E-state index in [1.54, 1.807) is 38.2 Å². The number of aromatic nitrogens is 5. The molecule has 0 N–H and O–H groups in total. The number of aryl methyl sites for hydroxylation is 2. The van der Waals surface area contributed by atoms with Gasteiger partial charge >= 0.3 is 17.8 Å². The van der Waals surface area contributed by atoms with Crippen molar-refractivity contribution >= 4 is 11.5 Å². The van der Waals surface area contributed by atoms with Crippen LogP contribution in [0.5, 0.6) is 0 Å². The second-order valence-corrected chi connectivity index (χ2v) is 6.83. The van der Waals surface area contributed by atoms with Gasteiger partial charge in [-0.25, -0.2) is 23.4 Å². The predicted octanol–water partition coefficient (Wildman–Crippen LogP) is 3.00. The van der Waals surface area contributed by atoms with E-state index in [0.29, 0.717) is 22.8 Å². The minimum atomic E-state index is -4.65. The summed E-state index contributed by atoms with van der Waals surface area (Å²) >= 11 is 0. The number of hydrogen-bond donors (Lipinski definition) is 0. The molecule has 4 aromatic rings. The fraction of sp³-hybridized carbons (Fsp3) is 0.200. The SMILES string of the molecule is COC(=O)c1cc(C(F)(F)F)cn2nc(-c3ccc(-n4c(C)nn(C)c4=O)cc3)cc12. The zero-order chi connectivity index (χ0) is 22.5. The first kappa shape index (κ1) is 20.4. The van der Waals surface area contributed by atoms with Crippen LogP contribution in [-0.4, -0.2) is 37.0 Å². The molecular formula is C20H16F3N5O3. The number of fused-ring (bicyclic) bond motifs is 1. The van der Waals surface area contributed by atoms with Gasteiger partial charge in [0.1, 0.15) is 5.82 Å². The summed E-state index contributed by atoms with van der Waals surface area (Å²) in [5.41, 5.74) is 0.135. The van der Waals surface area contributed by atoms with Gasteiger partial charge in [0.15, 0.2) is 0 Å². The van der Waals surface area contributed by atoms with Crippen molar-refractivity contribution in [2.75, 3.05) is 7.11 Å². The Labute approximate surface area is 173 Å². The molecule has 0 radical (unpaired) electrons. The van der Waals surface area contributed by atoms with Gasteiger partial charge in [0, 0.05) is 18.8 Å². The van der Waals surface area contributed by atoms with Crippen molar-refractivity contribution in [3.63, 3.8) is 0 Å². The van der Waals surface area contributed by atoms with Gasteiger partial charge in [-0.15, -0.1) is 0 Å². The first-order chi connectivity index (χ1) is 14.6. The highest BCUT2D eigenvalue weighted by molar-refractivity contribution is 5.97. The molecule has 0 saturated heterocycles. The van der Waals surface area contributed by atoms with Crippen molar-refractivity contribution in [2.24, 2.45) is 7.05 Å². The van der Waals surface area contributed by atoms with Crippen LogP contribution in [0.2, 0.25) is 0 Å². The second-order valence-electron chi connectivity index (χ2n) is 6.83. The number of esters is 1. The van der Waals surface area contributed by atoms with E-state index in [0.717, 1.165) is 23.9 Å². The quantitative estimate of drug-likeness (QED) is 0.466. The summed E-state index contributed by atoms with van der Waals surface area (Å²) in [5.74, 6) is -0.389. The highest BCUT2D eigenvalue weighted by Gasteiger charge is 2.33. The van der Waals surface area contributed by atoms with E-state index in [2.05, 4.69) is 14.9 Å². The molecule has 0 aliphatic rings. The Morgan fingerprint density at radius 3 is 2.32 bits per heavy atom. The Balaban J connectivity index is 1.81. The van der Waals surface area contributed by atoms with Gasteiger partial charge in [-0.1, -0.05) is 12.1 Å². The van der Waals surface area contributed by atoms with Crippen molar-refractivity contribution in [1.29, 1.82) is 0 Å². The second kappa shape index (κ2) is 7.11. The Morgan fingerprint density at radius 1 is 1.10 bits per heavy atom. The molecule has 0 atom stereocenters. The summed E-state index contributed by atoms with van der Waals surface area (Å²) in [6.45, 7) is 1.70. The fourth-order valence-corrected chi connectivity index (χ4v) is 3.33. The Bertz CT molecular complexity index is 1360. The lowest BCUT2D eigenvalue weighted by molar-refractivity contribution is -0.137. The largest absolute Gasteiger partial charge is 0.465 e. The molecular weight excluding hydrogens is 415 g/mol. The Morgan fingerprint density at radius 2 is 1.77 bits per heavy atom. The topological polar surface area (TPSA) is 83.4 Å². The van der Waals surface area contributed by atoms with Crippen LogP contribution in [0.25, 0.3) is 22.5 Å². The monoisotopic (exact) mass is 431 g/mol. The van der Waals surface area contributed by atoms with Gasteiger partial charge in [0.05, 0.1) is 35.1 Å². The van der Waals surface area contributed by atoms with Gasteiger partial charge in [-0.05, 0) is 31.2 Å². The van der Waals surface area contributed by atoms with Gasteiger partial charge in [0.25, 0.3) is 0 Å². The Hall–Kier alpha value is -3.89. The molecule has 0 saturated carbocycles. The smallest absolute Gasteiger partial charge is 0.417 e. The van der Waals surface area contributed by atoms with Crippen LogP contribution in [0.3, 0.4) is 0 Å². The standard InChI is InChI=1S/C20H16F3N5O3/c1-11-24-26(2)19(30)28(11)14-6-4-12(5-7-14)16-9-17-15(18(29)31-3)8-13(20(21,22)23)10-27(17)25-16/h4-10H,1-3H3. The van der Waals surface area contributed by atoms with E-state index in [1.807, 2.05) is 0 Å². The summed E-state index contributed by atoms with van der Waals surface area (Å²) in [7, 11) is 2.64. The van der Waals surface area contributed by atoms with E-state index in [-0.39, 0.29) is 16.8 Å². The molecule has 0 bridgehead atoms. The number of rotatable bonds is 3. The number of carbonyl (C=O) groups is 1. The molecule has 0 aliphatic carbocycles. The summed E-state index contributed by atoms with van der Waals surface area (Å²) in [5, 5.41) is 8.27. The lowest BCUT2D eigenvalue weighted by Gasteiger charge is -2.09. The number of alkyl halides is 3. The summed E-state index contributed by atoms with van der Waals surface area (Å²) in [6, 6.07) is 8.96. The van der Waals surface area contributed by atoms with E-state index in [9.17, 15) is 22.8 Å². The van der Waals surface area contributed by atoms with Crippen molar-refractivity contribution in [3.8, 4) is 16.9 Å². The maximum atomic E-state index is 13.2. The molecule has 0 fully saturated rings. The predicted molar refractivity (Wildman–Crippen MR) is 104 cm³/mol. The van der Waals surface area contributed by atoms with E-state index < -0.39 is 17.7 Å². The Kier molecular flexibility index (Phi) is 4.68. The number of benzene rings is 1. The zero-order valence-corrected chi connectivity index (χ0v) is 16.6. The van der Waals surface area contributed by atoms with Gasteiger partial charge in [0.2, 0.25) is 0 Å². The number of nitrogens with zero attached hydrogens (tertiary/aromatic N) is 5. The van der Waals surface area contributed by atoms with Crippen LogP contribution in [-0.2, 0) is 18.0 Å².